The maximum Gasteiger partial charge on any atom is 0.150 e. The summed E-state index contributed by atoms with van der Waals surface area (Å²) in [6, 6.07) is 0.318. The second-order valence-corrected chi connectivity index (χ2v) is 6.78. The van der Waals surface area contributed by atoms with Crippen LogP contribution in [-0.2, 0) is 9.84 Å². The van der Waals surface area contributed by atoms with Gasteiger partial charge in [0, 0.05) is 6.04 Å². The van der Waals surface area contributed by atoms with Crippen molar-refractivity contribution in [2.75, 3.05) is 18.6 Å². The van der Waals surface area contributed by atoms with Crippen LogP contribution in [0.2, 0.25) is 0 Å². The summed E-state index contributed by atoms with van der Waals surface area (Å²) >= 11 is 0. The Hall–Kier alpha value is -0.350. The van der Waals surface area contributed by atoms with Crippen LogP contribution in [0, 0.1) is 5.92 Å². The molecule has 15 heavy (non-hydrogen) atoms. The van der Waals surface area contributed by atoms with Crippen molar-refractivity contribution in [1.82, 2.24) is 5.32 Å². The van der Waals surface area contributed by atoms with Gasteiger partial charge in [-0.2, -0.15) is 0 Å². The van der Waals surface area contributed by atoms with E-state index in [0.717, 1.165) is 24.8 Å². The minimum atomic E-state index is -2.75. The van der Waals surface area contributed by atoms with Crippen molar-refractivity contribution < 1.29 is 8.42 Å². The van der Waals surface area contributed by atoms with Crippen molar-refractivity contribution >= 4 is 9.84 Å². The lowest BCUT2D eigenvalue weighted by Gasteiger charge is -2.21. The maximum atomic E-state index is 11.4. The summed E-state index contributed by atoms with van der Waals surface area (Å²) in [5.41, 5.74) is 1.16. The lowest BCUT2D eigenvalue weighted by atomic mass is 9.94. The molecule has 0 spiro atoms. The van der Waals surface area contributed by atoms with Crippen LogP contribution in [0.15, 0.2) is 12.2 Å². The molecule has 0 aromatic carbocycles. The van der Waals surface area contributed by atoms with Crippen molar-refractivity contribution in [3.05, 3.63) is 12.2 Å². The molecule has 1 aliphatic rings. The first-order valence-electron chi connectivity index (χ1n) is 5.46. The second-order valence-electron chi connectivity index (χ2n) is 4.55. The summed E-state index contributed by atoms with van der Waals surface area (Å²) in [4.78, 5) is 0. The zero-order valence-corrected chi connectivity index (χ0v) is 10.4. The lowest BCUT2D eigenvalue weighted by Crippen LogP contribution is -2.34. The minimum absolute atomic E-state index is 0.291. The van der Waals surface area contributed by atoms with E-state index in [-0.39, 0.29) is 0 Å². The molecular formula is C11H21NO2S. The van der Waals surface area contributed by atoms with E-state index in [1.165, 1.54) is 0 Å². The molecular weight excluding hydrogens is 210 g/mol. The van der Waals surface area contributed by atoms with Crippen LogP contribution >= 0.6 is 0 Å². The molecule has 2 unspecified atom stereocenters. The van der Waals surface area contributed by atoms with Gasteiger partial charge in [-0.25, -0.2) is 8.42 Å². The van der Waals surface area contributed by atoms with Crippen LogP contribution in [0.25, 0.3) is 0 Å². The highest BCUT2D eigenvalue weighted by molar-refractivity contribution is 7.91. The molecule has 0 aromatic rings. The Bertz CT molecular complexity index is 321. The number of allylic oxidation sites excluding steroid dienone is 1. The Morgan fingerprint density at radius 3 is 2.67 bits per heavy atom. The van der Waals surface area contributed by atoms with Crippen molar-refractivity contribution in [3.63, 3.8) is 0 Å². The third-order valence-electron chi connectivity index (χ3n) is 3.09. The van der Waals surface area contributed by atoms with Gasteiger partial charge < -0.3 is 5.32 Å². The van der Waals surface area contributed by atoms with Gasteiger partial charge in [-0.1, -0.05) is 5.57 Å². The molecule has 1 fully saturated rings. The van der Waals surface area contributed by atoms with Crippen LogP contribution in [0.4, 0.5) is 0 Å². The fourth-order valence-corrected chi connectivity index (χ4v) is 4.04. The largest absolute Gasteiger partial charge is 0.317 e. The van der Waals surface area contributed by atoms with Gasteiger partial charge in [-0.3, -0.25) is 0 Å². The Morgan fingerprint density at radius 1 is 1.60 bits per heavy atom. The molecule has 0 aromatic heterocycles. The molecule has 1 N–H and O–H groups in total. The van der Waals surface area contributed by atoms with E-state index in [2.05, 4.69) is 11.9 Å². The normalized spacial score (nSPS) is 26.4. The molecule has 0 bridgehead atoms. The SMILES string of the molecule is C=C(C)CCC(NC)C1CCS(=O)(=O)C1. The summed E-state index contributed by atoms with van der Waals surface area (Å²) < 4.78 is 22.7. The summed E-state index contributed by atoms with van der Waals surface area (Å²) in [6.45, 7) is 5.88. The zero-order valence-electron chi connectivity index (χ0n) is 9.62. The Balaban J connectivity index is 2.49. The molecule has 1 saturated heterocycles. The van der Waals surface area contributed by atoms with E-state index < -0.39 is 9.84 Å². The molecule has 4 heteroatoms. The van der Waals surface area contributed by atoms with Gasteiger partial charge in [-0.15, -0.1) is 6.58 Å². The van der Waals surface area contributed by atoms with Gasteiger partial charge in [0.15, 0.2) is 9.84 Å². The summed E-state index contributed by atoms with van der Waals surface area (Å²) in [6.07, 6.45) is 2.78. The number of rotatable bonds is 5. The van der Waals surface area contributed by atoms with Gasteiger partial charge in [0.2, 0.25) is 0 Å². The number of sulfone groups is 1. The summed E-state index contributed by atoms with van der Waals surface area (Å²) in [5.74, 6) is 1.01. The van der Waals surface area contributed by atoms with Gasteiger partial charge in [0.1, 0.15) is 0 Å². The first-order chi connectivity index (χ1) is 6.94. The van der Waals surface area contributed by atoms with Crippen molar-refractivity contribution in [3.8, 4) is 0 Å². The van der Waals surface area contributed by atoms with Gasteiger partial charge in [0.25, 0.3) is 0 Å². The number of nitrogens with one attached hydrogen (secondary N) is 1. The van der Waals surface area contributed by atoms with Crippen molar-refractivity contribution in [2.24, 2.45) is 5.92 Å². The third kappa shape index (κ3) is 3.95. The first kappa shape index (κ1) is 12.7. The lowest BCUT2D eigenvalue weighted by molar-refractivity contribution is 0.383. The molecule has 0 amide bonds. The van der Waals surface area contributed by atoms with E-state index >= 15 is 0 Å². The Labute approximate surface area is 92.9 Å². The van der Waals surface area contributed by atoms with Gasteiger partial charge in [0.05, 0.1) is 11.5 Å². The monoisotopic (exact) mass is 231 g/mol. The second kappa shape index (κ2) is 5.12. The molecule has 1 heterocycles. The number of hydrogen-bond donors (Lipinski definition) is 1. The number of hydrogen-bond acceptors (Lipinski definition) is 3. The zero-order chi connectivity index (χ0) is 11.5. The standard InChI is InChI=1S/C11H21NO2S/c1-9(2)4-5-11(12-3)10-6-7-15(13,14)8-10/h10-12H,1,4-8H2,2-3H3. The Morgan fingerprint density at radius 2 is 2.27 bits per heavy atom. The Kier molecular flexibility index (Phi) is 4.34. The van der Waals surface area contributed by atoms with Crippen molar-refractivity contribution in [1.29, 1.82) is 0 Å². The average molecular weight is 231 g/mol. The van der Waals surface area contributed by atoms with E-state index in [0.29, 0.717) is 23.5 Å². The van der Waals surface area contributed by atoms with Crippen LogP contribution in [0.1, 0.15) is 26.2 Å². The van der Waals surface area contributed by atoms with Crippen LogP contribution in [0.5, 0.6) is 0 Å². The first-order valence-corrected chi connectivity index (χ1v) is 7.29. The topological polar surface area (TPSA) is 46.2 Å². The van der Waals surface area contributed by atoms with Gasteiger partial charge in [-0.05, 0) is 39.2 Å². The van der Waals surface area contributed by atoms with Crippen LogP contribution in [0.3, 0.4) is 0 Å². The fourth-order valence-electron chi connectivity index (χ4n) is 2.16. The molecule has 0 saturated carbocycles. The van der Waals surface area contributed by atoms with E-state index in [1.807, 2.05) is 14.0 Å². The van der Waals surface area contributed by atoms with E-state index in [9.17, 15) is 8.42 Å². The van der Waals surface area contributed by atoms with Gasteiger partial charge >= 0.3 is 0 Å². The molecule has 0 radical (unpaired) electrons. The van der Waals surface area contributed by atoms with Crippen molar-refractivity contribution in [2.45, 2.75) is 32.2 Å². The smallest absolute Gasteiger partial charge is 0.150 e. The highest BCUT2D eigenvalue weighted by Crippen LogP contribution is 2.24. The molecule has 88 valence electrons. The molecule has 0 aliphatic carbocycles. The summed E-state index contributed by atoms with van der Waals surface area (Å²) in [5, 5.41) is 3.23. The minimum Gasteiger partial charge on any atom is -0.317 e. The summed E-state index contributed by atoms with van der Waals surface area (Å²) in [7, 11) is -0.841. The van der Waals surface area contributed by atoms with Crippen LogP contribution in [-0.4, -0.2) is 33.0 Å². The molecule has 3 nitrogen and oxygen atoms in total. The van der Waals surface area contributed by atoms with E-state index in [4.69, 9.17) is 0 Å². The van der Waals surface area contributed by atoms with E-state index in [1.54, 1.807) is 0 Å². The quantitative estimate of drug-likeness (QED) is 0.727. The maximum absolute atomic E-state index is 11.4. The average Bonchev–Trinajstić information content (AvgIpc) is 2.47. The predicted molar refractivity (Wildman–Crippen MR) is 63.7 cm³/mol. The van der Waals surface area contributed by atoms with Crippen LogP contribution < -0.4 is 5.32 Å². The highest BCUT2D eigenvalue weighted by Gasteiger charge is 2.32. The fraction of sp³-hybridized carbons (Fsp3) is 0.818. The molecule has 1 aliphatic heterocycles. The molecule has 1 rings (SSSR count). The highest BCUT2D eigenvalue weighted by atomic mass is 32.2. The third-order valence-corrected chi connectivity index (χ3v) is 4.88. The predicted octanol–water partition coefficient (Wildman–Crippen LogP) is 1.37. The molecule has 2 atom stereocenters.